The number of hydrogen-bond acceptors (Lipinski definition) is 4. The number of nitrogens with zero attached hydrogens (tertiary/aromatic N) is 6. The topological polar surface area (TPSA) is 85.4 Å². The van der Waals surface area contributed by atoms with Crippen molar-refractivity contribution in [2.24, 2.45) is 4.99 Å². The van der Waals surface area contributed by atoms with Gasteiger partial charge >= 0.3 is 0 Å². The average Bonchev–Trinajstić information content (AvgIpc) is 3.33. The molecule has 0 fully saturated rings. The van der Waals surface area contributed by atoms with Crippen LogP contribution in [-0.2, 0) is 0 Å². The Balaban J connectivity index is 1.70. The van der Waals surface area contributed by atoms with Crippen LogP contribution in [0.3, 0.4) is 0 Å². The van der Waals surface area contributed by atoms with Crippen molar-refractivity contribution in [1.82, 2.24) is 24.2 Å². The quantitative estimate of drug-likeness (QED) is 0.262. The molecule has 0 aliphatic carbocycles. The van der Waals surface area contributed by atoms with Crippen LogP contribution in [0.1, 0.15) is 10.4 Å². The third-order valence-corrected chi connectivity index (χ3v) is 5.73. The van der Waals surface area contributed by atoms with Gasteiger partial charge in [0.1, 0.15) is 11.2 Å². The van der Waals surface area contributed by atoms with Crippen molar-refractivity contribution in [2.45, 2.75) is 0 Å². The van der Waals surface area contributed by atoms with E-state index in [0.29, 0.717) is 38.7 Å². The molecule has 0 bridgehead atoms. The summed E-state index contributed by atoms with van der Waals surface area (Å²) in [6, 6.07) is 23.3. The number of halogens is 1. The van der Waals surface area contributed by atoms with E-state index < -0.39 is 0 Å². The molecule has 1 amide bonds. The third kappa shape index (κ3) is 4.42. The summed E-state index contributed by atoms with van der Waals surface area (Å²) in [5.41, 5.74) is 2.63. The Hall–Kier alpha value is -4.56. The van der Waals surface area contributed by atoms with Gasteiger partial charge in [-0.3, -0.25) is 14.2 Å². The summed E-state index contributed by atoms with van der Waals surface area (Å²) < 4.78 is 3.16. The van der Waals surface area contributed by atoms with Crippen molar-refractivity contribution >= 4 is 34.9 Å². The Morgan fingerprint density at radius 1 is 0.944 bits per heavy atom. The molecule has 2 heterocycles. The molecule has 9 heteroatoms. The van der Waals surface area contributed by atoms with E-state index in [4.69, 9.17) is 16.6 Å². The largest absolute Gasteiger partial charge is 0.369 e. The first-order valence-electron chi connectivity index (χ1n) is 11.1. The van der Waals surface area contributed by atoms with Gasteiger partial charge in [0, 0.05) is 30.2 Å². The number of hydrogen-bond donors (Lipinski definition) is 0. The van der Waals surface area contributed by atoms with E-state index in [-0.39, 0.29) is 11.5 Å². The number of rotatable bonds is 5. The van der Waals surface area contributed by atoms with Crippen LogP contribution in [0.4, 0.5) is 0 Å². The number of benzene rings is 3. The fourth-order valence-electron chi connectivity index (χ4n) is 3.75. The Morgan fingerprint density at radius 3 is 2.31 bits per heavy atom. The summed E-state index contributed by atoms with van der Waals surface area (Å²) in [6.45, 7) is 0. The number of fused-ring (bicyclic) bond motifs is 1. The van der Waals surface area contributed by atoms with Gasteiger partial charge in [-0.1, -0.05) is 41.9 Å². The van der Waals surface area contributed by atoms with Crippen molar-refractivity contribution in [2.75, 3.05) is 14.1 Å². The summed E-state index contributed by atoms with van der Waals surface area (Å²) in [5.74, 6) is 0.0409. The van der Waals surface area contributed by atoms with Crippen molar-refractivity contribution in [3.63, 3.8) is 0 Å². The van der Waals surface area contributed by atoms with Crippen LogP contribution < -0.4 is 5.56 Å². The van der Waals surface area contributed by atoms with E-state index in [2.05, 4.69) is 10.1 Å². The van der Waals surface area contributed by atoms with Crippen LogP contribution in [0.5, 0.6) is 0 Å². The summed E-state index contributed by atoms with van der Waals surface area (Å²) in [7, 11) is 3.58. The highest BCUT2D eigenvalue weighted by atomic mass is 35.5. The first kappa shape index (κ1) is 23.2. The van der Waals surface area contributed by atoms with Gasteiger partial charge < -0.3 is 4.90 Å². The molecule has 2 aromatic heterocycles. The molecule has 3 aromatic carbocycles. The first-order valence-corrected chi connectivity index (χ1v) is 11.5. The van der Waals surface area contributed by atoms with Crippen LogP contribution in [-0.4, -0.2) is 50.6 Å². The highest BCUT2D eigenvalue weighted by Gasteiger charge is 2.19. The molecule has 0 atom stereocenters. The number of aliphatic imine (C=N–C) groups is 1. The predicted octanol–water partition coefficient (Wildman–Crippen LogP) is 4.62. The lowest BCUT2D eigenvalue weighted by Gasteiger charge is -2.14. The second-order valence-electron chi connectivity index (χ2n) is 8.27. The average molecular weight is 497 g/mol. The lowest BCUT2D eigenvalue weighted by Crippen LogP contribution is -2.22. The molecule has 0 N–H and O–H groups in total. The second kappa shape index (κ2) is 9.59. The smallest absolute Gasteiger partial charge is 0.278 e. The normalized spacial score (nSPS) is 11.3. The van der Waals surface area contributed by atoms with Crippen LogP contribution >= 0.6 is 11.6 Å². The molecule has 0 saturated carbocycles. The third-order valence-electron chi connectivity index (χ3n) is 5.48. The molecule has 8 nitrogen and oxygen atoms in total. The summed E-state index contributed by atoms with van der Waals surface area (Å²) in [4.78, 5) is 36.6. The summed E-state index contributed by atoms with van der Waals surface area (Å²) >= 11 is 6.09. The second-order valence-corrected chi connectivity index (χ2v) is 8.71. The number of amides is 1. The van der Waals surface area contributed by atoms with Crippen molar-refractivity contribution in [1.29, 1.82) is 0 Å². The fourth-order valence-corrected chi connectivity index (χ4v) is 3.88. The van der Waals surface area contributed by atoms with Crippen LogP contribution in [0.15, 0.2) is 94.8 Å². The van der Waals surface area contributed by atoms with E-state index in [1.54, 1.807) is 72.2 Å². The van der Waals surface area contributed by atoms with Gasteiger partial charge in [-0.25, -0.2) is 9.67 Å². The van der Waals surface area contributed by atoms with E-state index >= 15 is 0 Å². The highest BCUT2D eigenvalue weighted by molar-refractivity contribution is 6.30. The van der Waals surface area contributed by atoms with Gasteiger partial charge in [0.15, 0.2) is 5.65 Å². The number of carbonyl (C=O) groups is 1. The number of para-hydroxylation sites is 1. The molecular formula is C27H21ClN6O2. The van der Waals surface area contributed by atoms with Gasteiger partial charge in [0.25, 0.3) is 11.5 Å². The van der Waals surface area contributed by atoms with Crippen molar-refractivity contribution < 1.29 is 4.79 Å². The summed E-state index contributed by atoms with van der Waals surface area (Å²) in [5, 5.41) is 5.37. The first-order chi connectivity index (χ1) is 17.4. The molecule has 5 rings (SSSR count). The minimum absolute atomic E-state index is 0.268. The summed E-state index contributed by atoms with van der Waals surface area (Å²) in [6.07, 6.45) is 2.98. The maximum atomic E-state index is 13.7. The molecule has 0 aliphatic rings. The lowest BCUT2D eigenvalue weighted by molar-refractivity contribution is 0.100. The minimum atomic E-state index is -0.365. The van der Waals surface area contributed by atoms with Gasteiger partial charge in [0.05, 0.1) is 23.9 Å². The molecular weight excluding hydrogens is 476 g/mol. The van der Waals surface area contributed by atoms with E-state index in [9.17, 15) is 9.59 Å². The van der Waals surface area contributed by atoms with E-state index in [0.717, 1.165) is 5.69 Å². The van der Waals surface area contributed by atoms with Crippen LogP contribution in [0, 0.1) is 0 Å². The lowest BCUT2D eigenvalue weighted by atomic mass is 10.1. The number of aromatic nitrogens is 4. The van der Waals surface area contributed by atoms with Crippen molar-refractivity contribution in [3.8, 4) is 22.8 Å². The zero-order chi connectivity index (χ0) is 25.2. The SMILES string of the molecule is CN(C)C=NC(=O)c1ccc(-c2nc3c(cnn3-c3ccccc3)c(=O)n2-c2ccc(Cl)cc2)cc1. The molecule has 0 saturated heterocycles. The predicted molar refractivity (Wildman–Crippen MR) is 141 cm³/mol. The molecule has 5 aromatic rings. The zero-order valence-electron chi connectivity index (χ0n) is 19.5. The Bertz CT molecular complexity index is 1640. The Kier molecular flexibility index (Phi) is 6.18. The Morgan fingerprint density at radius 2 is 1.64 bits per heavy atom. The standard InChI is InChI=1S/C27H21ClN6O2/c1-32(2)17-29-26(35)19-10-8-18(9-11-19)24-31-25-23(16-30-34(25)22-6-4-3-5-7-22)27(36)33(24)21-14-12-20(28)13-15-21/h3-17H,1-2H3. The maximum Gasteiger partial charge on any atom is 0.278 e. The molecule has 0 spiro atoms. The molecule has 0 unspecified atom stereocenters. The van der Waals surface area contributed by atoms with Crippen LogP contribution in [0.2, 0.25) is 5.02 Å². The molecule has 0 radical (unpaired) electrons. The molecule has 0 aliphatic heterocycles. The minimum Gasteiger partial charge on any atom is -0.369 e. The van der Waals surface area contributed by atoms with Gasteiger partial charge in [-0.15, -0.1) is 0 Å². The molecule has 36 heavy (non-hydrogen) atoms. The maximum absolute atomic E-state index is 13.7. The van der Waals surface area contributed by atoms with Crippen LogP contribution in [0.25, 0.3) is 33.8 Å². The molecule has 178 valence electrons. The van der Waals surface area contributed by atoms with E-state index in [1.165, 1.54) is 17.1 Å². The van der Waals surface area contributed by atoms with Crippen molar-refractivity contribution in [3.05, 3.63) is 106 Å². The monoisotopic (exact) mass is 496 g/mol. The van der Waals surface area contributed by atoms with Gasteiger partial charge in [-0.05, 0) is 48.5 Å². The van der Waals surface area contributed by atoms with Gasteiger partial charge in [-0.2, -0.15) is 10.1 Å². The number of carbonyl (C=O) groups excluding carboxylic acids is 1. The van der Waals surface area contributed by atoms with Gasteiger partial charge in [0.2, 0.25) is 0 Å². The zero-order valence-corrected chi connectivity index (χ0v) is 20.3. The Labute approximate surface area is 211 Å². The van der Waals surface area contributed by atoms with E-state index in [1.807, 2.05) is 30.3 Å². The highest BCUT2D eigenvalue weighted by Crippen LogP contribution is 2.25. The fraction of sp³-hybridized carbons (Fsp3) is 0.0741.